The summed E-state index contributed by atoms with van der Waals surface area (Å²) in [6, 6.07) is 11.9. The molecule has 5 nitrogen and oxygen atoms in total. The first-order valence-electron chi connectivity index (χ1n) is 6.81. The normalized spacial score (nSPS) is 18.6. The van der Waals surface area contributed by atoms with Gasteiger partial charge in [-0.2, -0.15) is 0 Å². The zero-order valence-electron chi connectivity index (χ0n) is 11.5. The number of rotatable bonds is 4. The maximum Gasteiger partial charge on any atom is 0.133 e. The first kappa shape index (κ1) is 14.2. The lowest BCUT2D eigenvalue weighted by Gasteiger charge is -2.31. The van der Waals surface area contributed by atoms with Gasteiger partial charge in [-0.05, 0) is 36.2 Å². The van der Waals surface area contributed by atoms with E-state index >= 15 is 0 Å². The molecule has 3 rings (SSSR count). The molecule has 6 heteroatoms. The zero-order valence-corrected chi connectivity index (χ0v) is 12.3. The smallest absolute Gasteiger partial charge is 0.133 e. The minimum absolute atomic E-state index is 0.0179. The van der Waals surface area contributed by atoms with Crippen molar-refractivity contribution >= 4 is 17.6 Å². The fraction of sp³-hybridized carbons (Fsp3) is 0.267. The number of fused-ring (bicyclic) bond motifs is 1. The van der Waals surface area contributed by atoms with Gasteiger partial charge < -0.3 is 10.5 Å². The summed E-state index contributed by atoms with van der Waals surface area (Å²) in [5.41, 5.74) is 9.69. The van der Waals surface area contributed by atoms with Crippen LogP contribution in [0.4, 0.5) is 5.82 Å². The first-order chi connectivity index (χ1) is 10.3. The molecule has 1 aromatic carbocycles. The third-order valence-electron chi connectivity index (χ3n) is 3.49. The number of nitrogens with one attached hydrogen (secondary N) is 1. The van der Waals surface area contributed by atoms with E-state index < -0.39 is 0 Å². The summed E-state index contributed by atoms with van der Waals surface area (Å²) in [6.45, 7) is 0. The van der Waals surface area contributed by atoms with Crippen molar-refractivity contribution in [3.63, 3.8) is 0 Å². The van der Waals surface area contributed by atoms with E-state index in [4.69, 9.17) is 16.3 Å². The highest BCUT2D eigenvalue weighted by molar-refractivity contribution is 7.99. The van der Waals surface area contributed by atoms with Crippen molar-refractivity contribution in [1.29, 1.82) is 0 Å². The van der Waals surface area contributed by atoms with Crippen LogP contribution in [-0.4, -0.2) is 22.9 Å². The summed E-state index contributed by atoms with van der Waals surface area (Å²) in [5.74, 6) is 8.04. The fourth-order valence-corrected chi connectivity index (χ4v) is 3.48. The number of para-hydroxylation sites is 1. The summed E-state index contributed by atoms with van der Waals surface area (Å²) in [4.78, 5) is 5.18. The third-order valence-corrected chi connectivity index (χ3v) is 4.64. The van der Waals surface area contributed by atoms with Crippen LogP contribution < -0.4 is 21.7 Å². The Labute approximate surface area is 128 Å². The third kappa shape index (κ3) is 3.29. The maximum atomic E-state index is 6.08. The number of benzene rings is 1. The van der Waals surface area contributed by atoms with Crippen LogP contribution in [0.15, 0.2) is 47.5 Å². The molecule has 0 aliphatic carbocycles. The van der Waals surface area contributed by atoms with E-state index in [0.717, 1.165) is 23.5 Å². The molecular formula is C15H18N4OS. The number of anilines is 1. The highest BCUT2D eigenvalue weighted by Crippen LogP contribution is 2.35. The Morgan fingerprint density at radius 1 is 1.38 bits per heavy atom. The molecule has 1 aromatic heterocycles. The highest BCUT2D eigenvalue weighted by atomic mass is 32.2. The molecule has 110 valence electrons. The molecule has 1 aliphatic rings. The number of nitrogen functional groups attached to an aromatic ring is 1. The Bertz CT molecular complexity index is 622. The SMILES string of the molecule is NNC(Cc1ccnc(N)c1)C1CSc2ccccc2O1. The van der Waals surface area contributed by atoms with E-state index in [1.807, 2.05) is 30.3 Å². The van der Waals surface area contributed by atoms with E-state index in [1.54, 1.807) is 18.0 Å². The van der Waals surface area contributed by atoms with Crippen LogP contribution >= 0.6 is 11.8 Å². The van der Waals surface area contributed by atoms with Gasteiger partial charge in [-0.25, -0.2) is 4.98 Å². The van der Waals surface area contributed by atoms with E-state index in [1.165, 1.54) is 4.90 Å². The monoisotopic (exact) mass is 302 g/mol. The van der Waals surface area contributed by atoms with Gasteiger partial charge in [-0.15, -0.1) is 11.8 Å². The second-order valence-electron chi connectivity index (χ2n) is 4.98. The van der Waals surface area contributed by atoms with Crippen LogP contribution in [0, 0.1) is 0 Å². The fourth-order valence-electron chi connectivity index (χ4n) is 2.41. The minimum Gasteiger partial charge on any atom is -0.487 e. The molecule has 0 spiro atoms. The van der Waals surface area contributed by atoms with Gasteiger partial charge in [0.05, 0.1) is 6.04 Å². The molecule has 0 amide bonds. The number of hydrogen-bond donors (Lipinski definition) is 3. The summed E-state index contributed by atoms with van der Waals surface area (Å²) in [6.07, 6.45) is 2.48. The molecule has 5 N–H and O–H groups in total. The Morgan fingerprint density at radius 2 is 2.24 bits per heavy atom. The molecule has 2 unspecified atom stereocenters. The van der Waals surface area contributed by atoms with Gasteiger partial charge >= 0.3 is 0 Å². The standard InChI is InChI=1S/C15H18N4OS/c16-15-8-10(5-6-18-15)7-11(19-17)13-9-21-14-4-2-1-3-12(14)20-13/h1-6,8,11,13,19H,7,9,17H2,(H2,16,18). The van der Waals surface area contributed by atoms with E-state index in [9.17, 15) is 0 Å². The number of nitrogens with two attached hydrogens (primary N) is 2. The van der Waals surface area contributed by atoms with Crippen molar-refractivity contribution in [1.82, 2.24) is 10.4 Å². The number of nitrogens with zero attached hydrogens (tertiary/aromatic N) is 1. The van der Waals surface area contributed by atoms with Crippen molar-refractivity contribution in [2.45, 2.75) is 23.5 Å². The quantitative estimate of drug-likeness (QED) is 0.587. The summed E-state index contributed by atoms with van der Waals surface area (Å²) in [5, 5.41) is 0. The Hall–Kier alpha value is -1.76. The van der Waals surface area contributed by atoms with Crippen molar-refractivity contribution in [2.24, 2.45) is 5.84 Å². The molecule has 2 atom stereocenters. The van der Waals surface area contributed by atoms with Gasteiger partial charge in [0.15, 0.2) is 0 Å². The van der Waals surface area contributed by atoms with E-state index in [-0.39, 0.29) is 12.1 Å². The van der Waals surface area contributed by atoms with Crippen LogP contribution in [-0.2, 0) is 6.42 Å². The van der Waals surface area contributed by atoms with Crippen molar-refractivity contribution in [3.8, 4) is 5.75 Å². The predicted molar refractivity (Wildman–Crippen MR) is 85.0 cm³/mol. The Kier molecular flexibility index (Phi) is 4.28. The van der Waals surface area contributed by atoms with Crippen LogP contribution in [0.3, 0.4) is 0 Å². The summed E-state index contributed by atoms with van der Waals surface area (Å²) in [7, 11) is 0. The molecule has 0 bridgehead atoms. The van der Waals surface area contributed by atoms with Crippen molar-refractivity contribution in [2.75, 3.05) is 11.5 Å². The van der Waals surface area contributed by atoms with E-state index in [0.29, 0.717) is 5.82 Å². The predicted octanol–water partition coefficient (Wildman–Crippen LogP) is 1.59. The molecule has 0 radical (unpaired) electrons. The Balaban J connectivity index is 1.73. The summed E-state index contributed by atoms with van der Waals surface area (Å²) < 4.78 is 6.08. The summed E-state index contributed by atoms with van der Waals surface area (Å²) >= 11 is 1.80. The largest absolute Gasteiger partial charge is 0.487 e. The number of hydrogen-bond acceptors (Lipinski definition) is 6. The topological polar surface area (TPSA) is 86.2 Å². The van der Waals surface area contributed by atoms with Crippen LogP contribution in [0.5, 0.6) is 5.75 Å². The lowest BCUT2D eigenvalue weighted by Crippen LogP contribution is -2.50. The average Bonchev–Trinajstić information content (AvgIpc) is 2.52. The highest BCUT2D eigenvalue weighted by Gasteiger charge is 2.27. The maximum absolute atomic E-state index is 6.08. The lowest BCUT2D eigenvalue weighted by molar-refractivity contribution is 0.165. The zero-order chi connectivity index (χ0) is 14.7. The second kappa shape index (κ2) is 6.34. The van der Waals surface area contributed by atoms with Crippen LogP contribution in [0.2, 0.25) is 0 Å². The van der Waals surface area contributed by atoms with Gasteiger partial charge in [0.25, 0.3) is 0 Å². The van der Waals surface area contributed by atoms with Gasteiger partial charge in [0.1, 0.15) is 17.7 Å². The van der Waals surface area contributed by atoms with E-state index in [2.05, 4.69) is 16.5 Å². The molecule has 1 aliphatic heterocycles. The molecule has 0 saturated heterocycles. The van der Waals surface area contributed by atoms with Gasteiger partial charge in [0, 0.05) is 16.8 Å². The van der Waals surface area contributed by atoms with Crippen LogP contribution in [0.25, 0.3) is 0 Å². The van der Waals surface area contributed by atoms with Crippen LogP contribution in [0.1, 0.15) is 5.56 Å². The lowest BCUT2D eigenvalue weighted by atomic mass is 10.0. The number of hydrazine groups is 1. The molecule has 2 heterocycles. The second-order valence-corrected chi connectivity index (χ2v) is 6.04. The van der Waals surface area contributed by atoms with Crippen molar-refractivity contribution in [3.05, 3.63) is 48.2 Å². The molecule has 21 heavy (non-hydrogen) atoms. The number of aromatic nitrogens is 1. The first-order valence-corrected chi connectivity index (χ1v) is 7.80. The van der Waals surface area contributed by atoms with Gasteiger partial charge in [0.2, 0.25) is 0 Å². The average molecular weight is 302 g/mol. The Morgan fingerprint density at radius 3 is 3.05 bits per heavy atom. The van der Waals surface area contributed by atoms with Gasteiger partial charge in [-0.1, -0.05) is 12.1 Å². The molecule has 0 fully saturated rings. The molecule has 2 aromatic rings. The number of pyridine rings is 1. The molecule has 0 saturated carbocycles. The molecular weight excluding hydrogens is 284 g/mol. The minimum atomic E-state index is 0.0179. The van der Waals surface area contributed by atoms with Gasteiger partial charge in [-0.3, -0.25) is 11.3 Å². The number of ether oxygens (including phenoxy) is 1. The van der Waals surface area contributed by atoms with Crippen molar-refractivity contribution < 1.29 is 4.74 Å². The number of thioether (sulfide) groups is 1.